The number of amides is 1. The number of carboxylic acids is 1. The van der Waals surface area contributed by atoms with Gasteiger partial charge in [-0.05, 0) is 20.3 Å². The van der Waals surface area contributed by atoms with Crippen LogP contribution in [0, 0.1) is 0 Å². The fourth-order valence-electron chi connectivity index (χ4n) is 1.21. The molecule has 5 heteroatoms. The van der Waals surface area contributed by atoms with Crippen LogP contribution in [0.5, 0.6) is 0 Å². The maximum absolute atomic E-state index is 11.2. The lowest BCUT2D eigenvalue weighted by Gasteiger charge is -2.21. The number of carboxylic acid groups (broad SMARTS) is 1. The summed E-state index contributed by atoms with van der Waals surface area (Å²) in [4.78, 5) is 22.1. The van der Waals surface area contributed by atoms with E-state index in [4.69, 9.17) is 9.84 Å². The topological polar surface area (TPSA) is 75.6 Å². The molecule has 0 aromatic carbocycles. The van der Waals surface area contributed by atoms with Gasteiger partial charge in [0, 0.05) is 13.0 Å². The van der Waals surface area contributed by atoms with Crippen molar-refractivity contribution in [2.45, 2.75) is 45.8 Å². The Labute approximate surface area is 89.8 Å². The van der Waals surface area contributed by atoms with E-state index in [1.54, 1.807) is 13.8 Å². The number of rotatable bonds is 7. The van der Waals surface area contributed by atoms with Gasteiger partial charge in [0.15, 0.2) is 6.04 Å². The summed E-state index contributed by atoms with van der Waals surface area (Å²) in [5.41, 5.74) is 0. The minimum Gasteiger partial charge on any atom is -0.480 e. The summed E-state index contributed by atoms with van der Waals surface area (Å²) in [5, 5.41) is 11.3. The second kappa shape index (κ2) is 7.23. The highest BCUT2D eigenvalue weighted by atomic mass is 16.5. The highest BCUT2D eigenvalue weighted by Crippen LogP contribution is 2.00. The number of carbonyl (C=O) groups is 2. The zero-order valence-electron chi connectivity index (χ0n) is 9.45. The summed E-state index contributed by atoms with van der Waals surface area (Å²) in [6, 6.07) is -0.969. The predicted molar refractivity (Wildman–Crippen MR) is 55.6 cm³/mol. The van der Waals surface area contributed by atoms with Crippen LogP contribution < -0.4 is 5.32 Å². The monoisotopic (exact) mass is 217 g/mol. The average Bonchev–Trinajstić information content (AvgIpc) is 2.14. The maximum atomic E-state index is 11.2. The van der Waals surface area contributed by atoms with E-state index in [0.29, 0.717) is 19.4 Å². The van der Waals surface area contributed by atoms with Crippen LogP contribution in [-0.2, 0) is 14.3 Å². The Kier molecular flexibility index (Phi) is 6.70. The van der Waals surface area contributed by atoms with E-state index < -0.39 is 18.1 Å². The first-order valence-electron chi connectivity index (χ1n) is 5.16. The standard InChI is InChI=1S/C10H19NO4/c1-4-6-8(12)11-9(10(13)14)7(3)15-5-2/h7,9H,4-6H2,1-3H3,(H,11,12)(H,13,14)/t7-,9+/m1/s1. The van der Waals surface area contributed by atoms with E-state index in [1.165, 1.54) is 0 Å². The summed E-state index contributed by atoms with van der Waals surface area (Å²) in [6.45, 7) is 5.70. The van der Waals surface area contributed by atoms with Gasteiger partial charge < -0.3 is 15.2 Å². The first kappa shape index (κ1) is 13.9. The molecule has 0 saturated heterocycles. The molecule has 88 valence electrons. The third-order valence-electron chi connectivity index (χ3n) is 1.96. The van der Waals surface area contributed by atoms with Crippen molar-refractivity contribution in [3.8, 4) is 0 Å². The molecule has 2 N–H and O–H groups in total. The molecule has 0 radical (unpaired) electrons. The third kappa shape index (κ3) is 5.37. The average molecular weight is 217 g/mol. The van der Waals surface area contributed by atoms with Gasteiger partial charge in [0.25, 0.3) is 0 Å². The molecular weight excluding hydrogens is 198 g/mol. The van der Waals surface area contributed by atoms with Gasteiger partial charge in [0.2, 0.25) is 5.91 Å². The molecule has 0 aliphatic heterocycles. The minimum absolute atomic E-state index is 0.253. The van der Waals surface area contributed by atoms with Crippen molar-refractivity contribution in [3.63, 3.8) is 0 Å². The van der Waals surface area contributed by atoms with Gasteiger partial charge in [-0.25, -0.2) is 4.79 Å². The van der Waals surface area contributed by atoms with Crippen LogP contribution in [-0.4, -0.2) is 35.7 Å². The van der Waals surface area contributed by atoms with Crippen LogP contribution in [0.15, 0.2) is 0 Å². The van der Waals surface area contributed by atoms with Crippen molar-refractivity contribution in [2.75, 3.05) is 6.61 Å². The van der Waals surface area contributed by atoms with E-state index in [2.05, 4.69) is 5.32 Å². The van der Waals surface area contributed by atoms with E-state index in [1.807, 2.05) is 6.92 Å². The number of hydrogen-bond acceptors (Lipinski definition) is 3. The first-order chi connectivity index (χ1) is 7.02. The molecule has 0 saturated carbocycles. The Morgan fingerprint density at radius 2 is 2.00 bits per heavy atom. The van der Waals surface area contributed by atoms with Crippen molar-refractivity contribution >= 4 is 11.9 Å². The molecule has 0 aromatic heterocycles. The van der Waals surface area contributed by atoms with Crippen LogP contribution in [0.1, 0.15) is 33.6 Å². The van der Waals surface area contributed by atoms with Crippen molar-refractivity contribution in [1.82, 2.24) is 5.32 Å². The molecule has 0 fully saturated rings. The van der Waals surface area contributed by atoms with Gasteiger partial charge >= 0.3 is 5.97 Å². The molecular formula is C10H19NO4. The number of hydrogen-bond donors (Lipinski definition) is 2. The quantitative estimate of drug-likeness (QED) is 0.660. The molecule has 0 heterocycles. The summed E-state index contributed by atoms with van der Waals surface area (Å²) < 4.78 is 5.15. The smallest absolute Gasteiger partial charge is 0.328 e. The van der Waals surface area contributed by atoms with Crippen LogP contribution in [0.3, 0.4) is 0 Å². The Balaban J connectivity index is 4.27. The molecule has 0 aliphatic rings. The lowest BCUT2D eigenvalue weighted by atomic mass is 10.1. The summed E-state index contributed by atoms with van der Waals surface area (Å²) in [7, 11) is 0. The largest absolute Gasteiger partial charge is 0.480 e. The summed E-state index contributed by atoms with van der Waals surface area (Å²) >= 11 is 0. The fraction of sp³-hybridized carbons (Fsp3) is 0.800. The minimum atomic E-state index is -1.07. The van der Waals surface area contributed by atoms with Gasteiger partial charge in [0.1, 0.15) is 0 Å². The SMILES string of the molecule is CCCC(=O)N[C@H](C(=O)O)[C@@H](C)OCC. The third-order valence-corrected chi connectivity index (χ3v) is 1.96. The Morgan fingerprint density at radius 3 is 2.40 bits per heavy atom. The Morgan fingerprint density at radius 1 is 1.40 bits per heavy atom. The van der Waals surface area contributed by atoms with Gasteiger partial charge in [0.05, 0.1) is 6.10 Å². The Bertz CT molecular complexity index is 217. The summed E-state index contributed by atoms with van der Waals surface area (Å²) in [6.07, 6.45) is 0.511. The maximum Gasteiger partial charge on any atom is 0.328 e. The first-order valence-corrected chi connectivity index (χ1v) is 5.16. The van der Waals surface area contributed by atoms with E-state index in [0.717, 1.165) is 0 Å². The molecule has 0 rings (SSSR count). The van der Waals surface area contributed by atoms with Crippen molar-refractivity contribution in [3.05, 3.63) is 0 Å². The zero-order valence-corrected chi connectivity index (χ0v) is 9.45. The van der Waals surface area contributed by atoms with Crippen molar-refractivity contribution < 1.29 is 19.4 Å². The van der Waals surface area contributed by atoms with Crippen molar-refractivity contribution in [1.29, 1.82) is 0 Å². The van der Waals surface area contributed by atoms with Gasteiger partial charge in [-0.2, -0.15) is 0 Å². The number of nitrogens with one attached hydrogen (secondary N) is 1. The van der Waals surface area contributed by atoms with Gasteiger partial charge in [-0.3, -0.25) is 4.79 Å². The fourth-order valence-corrected chi connectivity index (χ4v) is 1.21. The second-order valence-corrected chi connectivity index (χ2v) is 3.29. The molecule has 0 spiro atoms. The Hall–Kier alpha value is -1.10. The molecule has 1 amide bonds. The number of carbonyl (C=O) groups excluding carboxylic acids is 1. The molecule has 5 nitrogen and oxygen atoms in total. The summed E-state index contributed by atoms with van der Waals surface area (Å²) in [5.74, 6) is -1.32. The van der Waals surface area contributed by atoms with E-state index >= 15 is 0 Å². The van der Waals surface area contributed by atoms with Crippen LogP contribution in [0.2, 0.25) is 0 Å². The normalized spacial score (nSPS) is 14.3. The van der Waals surface area contributed by atoms with Gasteiger partial charge in [-0.15, -0.1) is 0 Å². The highest BCUT2D eigenvalue weighted by molar-refractivity contribution is 5.83. The molecule has 0 aliphatic carbocycles. The molecule has 2 atom stereocenters. The second-order valence-electron chi connectivity index (χ2n) is 3.29. The lowest BCUT2D eigenvalue weighted by Crippen LogP contribution is -2.48. The predicted octanol–water partition coefficient (Wildman–Crippen LogP) is 0.781. The molecule has 0 bridgehead atoms. The molecule has 0 unspecified atom stereocenters. The van der Waals surface area contributed by atoms with Gasteiger partial charge in [-0.1, -0.05) is 6.92 Å². The molecule has 15 heavy (non-hydrogen) atoms. The van der Waals surface area contributed by atoms with Crippen molar-refractivity contribution in [2.24, 2.45) is 0 Å². The number of aliphatic carboxylic acids is 1. The molecule has 0 aromatic rings. The lowest BCUT2D eigenvalue weighted by molar-refractivity contribution is -0.146. The van der Waals surface area contributed by atoms with E-state index in [-0.39, 0.29) is 5.91 Å². The highest BCUT2D eigenvalue weighted by Gasteiger charge is 2.26. The zero-order chi connectivity index (χ0) is 11.8. The van der Waals surface area contributed by atoms with E-state index in [9.17, 15) is 9.59 Å². The van der Waals surface area contributed by atoms with Crippen LogP contribution in [0.25, 0.3) is 0 Å². The van der Waals surface area contributed by atoms with Crippen LogP contribution >= 0.6 is 0 Å². The number of ether oxygens (including phenoxy) is 1. The van der Waals surface area contributed by atoms with Crippen LogP contribution in [0.4, 0.5) is 0 Å².